The Morgan fingerprint density at radius 1 is 1.50 bits per heavy atom. The molecule has 1 atom stereocenters. The zero-order chi connectivity index (χ0) is 10.4. The van der Waals surface area contributed by atoms with Crippen molar-refractivity contribution in [2.24, 2.45) is 5.92 Å². The quantitative estimate of drug-likeness (QED) is 0.501. The summed E-state index contributed by atoms with van der Waals surface area (Å²) >= 11 is 0. The average molecular weight is 199 g/mol. The van der Waals surface area contributed by atoms with Crippen LogP contribution < -0.4 is 5.32 Å². The maximum absolute atomic E-state index is 11.4. The fourth-order valence-electron chi connectivity index (χ4n) is 1.63. The molecular formula is C11H21NO2. The smallest absolute Gasteiger partial charge is 0.323 e. The second-order valence-corrected chi connectivity index (χ2v) is 4.00. The number of nitrogens with one attached hydrogen (secondary N) is 1. The molecule has 0 bridgehead atoms. The van der Waals surface area contributed by atoms with Crippen LogP contribution >= 0.6 is 0 Å². The SMILES string of the molecule is CCCCCNC(C(=O)OC)C1CC1. The third-order valence-electron chi connectivity index (χ3n) is 2.69. The highest BCUT2D eigenvalue weighted by Gasteiger charge is 2.36. The minimum atomic E-state index is -0.0935. The maximum atomic E-state index is 11.4. The number of unbranched alkanes of at least 4 members (excludes halogenated alkanes) is 2. The molecule has 1 N–H and O–H groups in total. The third-order valence-corrected chi connectivity index (χ3v) is 2.69. The number of rotatable bonds is 7. The number of hydrogen-bond donors (Lipinski definition) is 1. The first-order chi connectivity index (χ1) is 6.79. The number of carbonyl (C=O) groups is 1. The molecule has 0 spiro atoms. The van der Waals surface area contributed by atoms with Crippen molar-refractivity contribution in [3.63, 3.8) is 0 Å². The van der Waals surface area contributed by atoms with Gasteiger partial charge in [0.1, 0.15) is 6.04 Å². The second-order valence-electron chi connectivity index (χ2n) is 4.00. The highest BCUT2D eigenvalue weighted by atomic mass is 16.5. The van der Waals surface area contributed by atoms with Gasteiger partial charge in [0.15, 0.2) is 0 Å². The molecular weight excluding hydrogens is 178 g/mol. The maximum Gasteiger partial charge on any atom is 0.323 e. The van der Waals surface area contributed by atoms with Gasteiger partial charge >= 0.3 is 5.97 Å². The molecule has 0 aromatic rings. The highest BCUT2D eigenvalue weighted by Crippen LogP contribution is 2.33. The largest absolute Gasteiger partial charge is 0.468 e. The lowest BCUT2D eigenvalue weighted by Gasteiger charge is -2.15. The van der Waals surface area contributed by atoms with Gasteiger partial charge < -0.3 is 10.1 Å². The molecule has 0 heterocycles. The van der Waals surface area contributed by atoms with Crippen molar-refractivity contribution in [3.05, 3.63) is 0 Å². The average Bonchev–Trinajstić information content (AvgIpc) is 3.01. The molecule has 0 amide bonds. The molecule has 1 aliphatic rings. The van der Waals surface area contributed by atoms with Gasteiger partial charge in [-0.25, -0.2) is 0 Å². The van der Waals surface area contributed by atoms with Crippen molar-refractivity contribution in [3.8, 4) is 0 Å². The van der Waals surface area contributed by atoms with E-state index < -0.39 is 0 Å². The first-order valence-corrected chi connectivity index (χ1v) is 5.60. The Labute approximate surface area is 86.2 Å². The van der Waals surface area contributed by atoms with Gasteiger partial charge in [0.25, 0.3) is 0 Å². The topological polar surface area (TPSA) is 38.3 Å². The van der Waals surface area contributed by atoms with Crippen LogP contribution in [0.1, 0.15) is 39.0 Å². The minimum absolute atomic E-state index is 0.0446. The van der Waals surface area contributed by atoms with E-state index in [2.05, 4.69) is 12.2 Å². The predicted molar refractivity (Wildman–Crippen MR) is 56.1 cm³/mol. The van der Waals surface area contributed by atoms with Gasteiger partial charge in [0.2, 0.25) is 0 Å². The van der Waals surface area contributed by atoms with Gasteiger partial charge in [-0.3, -0.25) is 4.79 Å². The lowest BCUT2D eigenvalue weighted by atomic mass is 10.1. The number of ether oxygens (including phenoxy) is 1. The van der Waals surface area contributed by atoms with Crippen molar-refractivity contribution >= 4 is 5.97 Å². The van der Waals surface area contributed by atoms with Gasteiger partial charge in [0.05, 0.1) is 7.11 Å². The minimum Gasteiger partial charge on any atom is -0.468 e. The van der Waals surface area contributed by atoms with Crippen LogP contribution in [0, 0.1) is 5.92 Å². The van der Waals surface area contributed by atoms with E-state index in [0.29, 0.717) is 5.92 Å². The molecule has 3 nitrogen and oxygen atoms in total. The van der Waals surface area contributed by atoms with Crippen molar-refractivity contribution in [1.29, 1.82) is 0 Å². The monoisotopic (exact) mass is 199 g/mol. The molecule has 1 rings (SSSR count). The van der Waals surface area contributed by atoms with Crippen LogP contribution in [0.3, 0.4) is 0 Å². The Balaban J connectivity index is 2.18. The van der Waals surface area contributed by atoms with E-state index in [1.54, 1.807) is 0 Å². The van der Waals surface area contributed by atoms with E-state index in [4.69, 9.17) is 4.74 Å². The van der Waals surface area contributed by atoms with Gasteiger partial charge in [-0.05, 0) is 31.7 Å². The number of hydrogen-bond acceptors (Lipinski definition) is 3. The van der Waals surface area contributed by atoms with Crippen LogP contribution in [-0.2, 0) is 9.53 Å². The summed E-state index contributed by atoms with van der Waals surface area (Å²) in [5.74, 6) is 0.438. The van der Waals surface area contributed by atoms with Gasteiger partial charge in [-0.15, -0.1) is 0 Å². The number of esters is 1. The van der Waals surface area contributed by atoms with E-state index in [1.807, 2.05) is 0 Å². The molecule has 1 fully saturated rings. The normalized spacial score (nSPS) is 17.9. The first-order valence-electron chi connectivity index (χ1n) is 5.60. The summed E-state index contributed by atoms with van der Waals surface area (Å²) in [6, 6.07) is -0.0446. The van der Waals surface area contributed by atoms with Crippen LogP contribution in [0.4, 0.5) is 0 Å². The zero-order valence-electron chi connectivity index (χ0n) is 9.21. The fraction of sp³-hybridized carbons (Fsp3) is 0.909. The summed E-state index contributed by atoms with van der Waals surface area (Å²) in [6.45, 7) is 3.11. The van der Waals surface area contributed by atoms with E-state index in [0.717, 1.165) is 13.0 Å². The van der Waals surface area contributed by atoms with Crippen molar-refractivity contribution < 1.29 is 9.53 Å². The lowest BCUT2D eigenvalue weighted by molar-refractivity contribution is -0.143. The second kappa shape index (κ2) is 6.02. The van der Waals surface area contributed by atoms with Crippen LogP contribution in [0.25, 0.3) is 0 Å². The molecule has 0 saturated heterocycles. The van der Waals surface area contributed by atoms with Crippen molar-refractivity contribution in [2.75, 3.05) is 13.7 Å². The fourth-order valence-corrected chi connectivity index (χ4v) is 1.63. The molecule has 0 aromatic heterocycles. The first kappa shape index (κ1) is 11.5. The van der Waals surface area contributed by atoms with Crippen LogP contribution in [0.15, 0.2) is 0 Å². The van der Waals surface area contributed by atoms with E-state index in [1.165, 1.54) is 32.8 Å². The Bertz CT molecular complexity index is 178. The molecule has 1 saturated carbocycles. The summed E-state index contributed by atoms with van der Waals surface area (Å²) in [5, 5.41) is 3.29. The Hall–Kier alpha value is -0.570. The predicted octanol–water partition coefficient (Wildman–Crippen LogP) is 1.72. The lowest BCUT2D eigenvalue weighted by Crippen LogP contribution is -2.39. The van der Waals surface area contributed by atoms with Gasteiger partial charge in [0, 0.05) is 0 Å². The molecule has 1 aliphatic carbocycles. The summed E-state index contributed by atoms with van der Waals surface area (Å²) in [6.07, 6.45) is 5.93. The van der Waals surface area contributed by atoms with Crippen molar-refractivity contribution in [2.45, 2.75) is 45.1 Å². The standard InChI is InChI=1S/C11H21NO2/c1-3-4-5-8-12-10(9-6-7-9)11(13)14-2/h9-10,12H,3-8H2,1-2H3. The molecule has 0 radical (unpaired) electrons. The Morgan fingerprint density at radius 2 is 2.21 bits per heavy atom. The molecule has 3 heteroatoms. The van der Waals surface area contributed by atoms with Crippen LogP contribution in [-0.4, -0.2) is 25.7 Å². The molecule has 0 aromatic carbocycles. The summed E-state index contributed by atoms with van der Waals surface area (Å²) in [5.41, 5.74) is 0. The molecule has 82 valence electrons. The molecule has 0 aliphatic heterocycles. The summed E-state index contributed by atoms with van der Waals surface area (Å²) < 4.78 is 4.77. The molecule has 1 unspecified atom stereocenters. The van der Waals surface area contributed by atoms with Crippen LogP contribution in [0.2, 0.25) is 0 Å². The van der Waals surface area contributed by atoms with E-state index in [-0.39, 0.29) is 12.0 Å². The third kappa shape index (κ3) is 3.66. The van der Waals surface area contributed by atoms with E-state index >= 15 is 0 Å². The summed E-state index contributed by atoms with van der Waals surface area (Å²) in [4.78, 5) is 11.4. The van der Waals surface area contributed by atoms with Crippen molar-refractivity contribution in [1.82, 2.24) is 5.32 Å². The van der Waals surface area contributed by atoms with Gasteiger partial charge in [-0.2, -0.15) is 0 Å². The zero-order valence-corrected chi connectivity index (χ0v) is 9.21. The summed E-state index contributed by atoms with van der Waals surface area (Å²) in [7, 11) is 1.46. The van der Waals surface area contributed by atoms with Crippen LogP contribution in [0.5, 0.6) is 0 Å². The molecule has 14 heavy (non-hydrogen) atoms. The Kier molecular flexibility index (Phi) is 4.94. The van der Waals surface area contributed by atoms with E-state index in [9.17, 15) is 4.79 Å². The highest BCUT2D eigenvalue weighted by molar-refractivity contribution is 5.76. The number of carbonyl (C=O) groups excluding carboxylic acids is 1. The Morgan fingerprint density at radius 3 is 2.71 bits per heavy atom. The number of methoxy groups -OCH3 is 1. The van der Waals surface area contributed by atoms with Gasteiger partial charge in [-0.1, -0.05) is 19.8 Å².